The lowest BCUT2D eigenvalue weighted by Gasteiger charge is -2.01. The Bertz CT molecular complexity index is 201. The van der Waals surface area contributed by atoms with Crippen LogP contribution in [0.5, 0.6) is 0 Å². The van der Waals surface area contributed by atoms with Crippen LogP contribution in [0.2, 0.25) is 0 Å². The second-order valence-electron chi connectivity index (χ2n) is 2.30. The number of rotatable bonds is 5. The van der Waals surface area contributed by atoms with Crippen LogP contribution < -0.4 is 4.72 Å². The summed E-state index contributed by atoms with van der Waals surface area (Å²) in [7, 11) is 3.55. The Balaban J connectivity index is 2.16. The summed E-state index contributed by atoms with van der Waals surface area (Å²) in [5.74, 6) is 1.15. The van der Waals surface area contributed by atoms with Crippen molar-refractivity contribution in [3.05, 3.63) is 35.9 Å². The maximum atomic E-state index is 3.28. The zero-order valence-corrected chi connectivity index (χ0v) is 8.75. The smallest absolute Gasteiger partial charge is 0.0317 e. The van der Waals surface area contributed by atoms with Crippen LogP contribution in [-0.2, 0) is 6.54 Å². The molecule has 0 aromatic heterocycles. The van der Waals surface area contributed by atoms with E-state index in [9.17, 15) is 0 Å². The topological polar surface area (TPSA) is 12.0 Å². The molecule has 0 aliphatic heterocycles. The van der Waals surface area contributed by atoms with E-state index in [2.05, 4.69) is 35.9 Å². The van der Waals surface area contributed by atoms with Gasteiger partial charge in [-0.1, -0.05) is 48.0 Å². The van der Waals surface area contributed by atoms with Crippen LogP contribution in [0.1, 0.15) is 12.5 Å². The van der Waals surface area contributed by atoms with Gasteiger partial charge >= 0.3 is 0 Å². The molecular formula is C9H13NS2. The highest BCUT2D eigenvalue weighted by Crippen LogP contribution is 2.16. The number of hydrogen-bond acceptors (Lipinski definition) is 3. The van der Waals surface area contributed by atoms with Crippen molar-refractivity contribution in [2.75, 3.05) is 5.75 Å². The van der Waals surface area contributed by atoms with Crippen LogP contribution in [0, 0.1) is 0 Å². The van der Waals surface area contributed by atoms with Gasteiger partial charge in [-0.3, -0.25) is 4.72 Å². The average Bonchev–Trinajstić information content (AvgIpc) is 2.14. The largest absolute Gasteiger partial charge is 0.250 e. The van der Waals surface area contributed by atoms with Crippen molar-refractivity contribution in [1.82, 2.24) is 4.72 Å². The van der Waals surface area contributed by atoms with Crippen molar-refractivity contribution in [1.29, 1.82) is 0 Å². The molecule has 1 N–H and O–H groups in total. The first-order valence-corrected chi connectivity index (χ1v) is 6.30. The molecule has 0 aliphatic carbocycles. The van der Waals surface area contributed by atoms with Crippen molar-refractivity contribution in [2.45, 2.75) is 13.5 Å². The molecule has 1 nitrogen and oxygen atoms in total. The van der Waals surface area contributed by atoms with Gasteiger partial charge in [0.15, 0.2) is 0 Å². The molecular weight excluding hydrogens is 186 g/mol. The van der Waals surface area contributed by atoms with Crippen LogP contribution in [0.25, 0.3) is 0 Å². The van der Waals surface area contributed by atoms with Crippen molar-refractivity contribution in [2.24, 2.45) is 0 Å². The summed E-state index contributed by atoms with van der Waals surface area (Å²) in [6.07, 6.45) is 0. The molecule has 0 bridgehead atoms. The first-order chi connectivity index (χ1) is 5.93. The lowest BCUT2D eigenvalue weighted by atomic mass is 10.2. The Labute approximate surface area is 81.9 Å². The minimum absolute atomic E-state index is 0.943. The van der Waals surface area contributed by atoms with Gasteiger partial charge in [0.25, 0.3) is 0 Å². The summed E-state index contributed by atoms with van der Waals surface area (Å²) in [6.45, 7) is 3.10. The van der Waals surface area contributed by atoms with E-state index in [1.165, 1.54) is 5.56 Å². The first-order valence-electron chi connectivity index (χ1n) is 3.98. The molecule has 0 saturated carbocycles. The summed E-state index contributed by atoms with van der Waals surface area (Å²) in [5.41, 5.74) is 1.33. The van der Waals surface area contributed by atoms with Crippen LogP contribution in [-0.4, -0.2) is 5.75 Å². The Morgan fingerprint density at radius 2 is 2.00 bits per heavy atom. The molecule has 0 atom stereocenters. The van der Waals surface area contributed by atoms with Crippen molar-refractivity contribution in [3.63, 3.8) is 0 Å². The van der Waals surface area contributed by atoms with Gasteiger partial charge in [0.05, 0.1) is 0 Å². The van der Waals surface area contributed by atoms with Gasteiger partial charge in [-0.05, 0) is 16.5 Å². The fraction of sp³-hybridized carbons (Fsp3) is 0.333. The predicted octanol–water partition coefficient (Wildman–Crippen LogP) is 3.09. The van der Waals surface area contributed by atoms with Crippen LogP contribution in [0.3, 0.4) is 0 Å². The predicted molar refractivity (Wildman–Crippen MR) is 59.0 cm³/mol. The van der Waals surface area contributed by atoms with Gasteiger partial charge in [0.2, 0.25) is 0 Å². The number of benzene rings is 1. The second-order valence-corrected chi connectivity index (χ2v) is 4.77. The SMILES string of the molecule is CCSSNCc1ccccc1. The van der Waals surface area contributed by atoms with Crippen LogP contribution in [0.15, 0.2) is 30.3 Å². The Morgan fingerprint density at radius 1 is 1.25 bits per heavy atom. The highest BCUT2D eigenvalue weighted by atomic mass is 33.1. The van der Waals surface area contributed by atoms with E-state index >= 15 is 0 Å². The minimum Gasteiger partial charge on any atom is -0.250 e. The van der Waals surface area contributed by atoms with E-state index in [0.717, 1.165) is 12.3 Å². The Kier molecular flexibility index (Phi) is 5.32. The summed E-state index contributed by atoms with van der Waals surface area (Å²) < 4.78 is 3.28. The Hall–Kier alpha value is -0.120. The maximum absolute atomic E-state index is 3.28. The highest BCUT2D eigenvalue weighted by molar-refractivity contribution is 8.76. The van der Waals surface area contributed by atoms with E-state index in [0.29, 0.717) is 0 Å². The zero-order valence-electron chi connectivity index (χ0n) is 7.12. The summed E-state index contributed by atoms with van der Waals surface area (Å²) >= 11 is 0. The second kappa shape index (κ2) is 6.40. The summed E-state index contributed by atoms with van der Waals surface area (Å²) in [6, 6.07) is 10.4. The molecule has 0 unspecified atom stereocenters. The molecule has 0 radical (unpaired) electrons. The van der Waals surface area contributed by atoms with Crippen molar-refractivity contribution >= 4 is 21.8 Å². The fourth-order valence-corrected chi connectivity index (χ4v) is 2.02. The van der Waals surface area contributed by atoms with Gasteiger partial charge < -0.3 is 0 Å². The first kappa shape index (κ1) is 9.96. The van der Waals surface area contributed by atoms with E-state index in [1.807, 2.05) is 16.9 Å². The highest BCUT2D eigenvalue weighted by Gasteiger charge is 1.89. The molecule has 1 aromatic carbocycles. The third-order valence-electron chi connectivity index (χ3n) is 1.35. The molecule has 12 heavy (non-hydrogen) atoms. The Morgan fingerprint density at radius 3 is 2.67 bits per heavy atom. The lowest BCUT2D eigenvalue weighted by Crippen LogP contribution is -2.00. The molecule has 1 aromatic rings. The molecule has 0 aliphatic rings. The standard InChI is InChI=1S/C9H13NS2/c1-2-11-12-10-8-9-6-4-3-5-7-9/h3-7,10H,2,8H2,1H3. The molecule has 0 amide bonds. The van der Waals surface area contributed by atoms with E-state index < -0.39 is 0 Å². The maximum Gasteiger partial charge on any atom is 0.0317 e. The van der Waals surface area contributed by atoms with E-state index in [-0.39, 0.29) is 0 Å². The fourth-order valence-electron chi connectivity index (χ4n) is 0.809. The van der Waals surface area contributed by atoms with Gasteiger partial charge in [0, 0.05) is 12.3 Å². The van der Waals surface area contributed by atoms with Gasteiger partial charge in [-0.2, -0.15) is 0 Å². The molecule has 0 heterocycles. The molecule has 66 valence electrons. The molecule has 0 fully saturated rings. The lowest BCUT2D eigenvalue weighted by molar-refractivity contribution is 0.984. The third-order valence-corrected chi connectivity index (χ3v) is 3.38. The molecule has 3 heteroatoms. The monoisotopic (exact) mass is 199 g/mol. The third kappa shape index (κ3) is 4.04. The average molecular weight is 199 g/mol. The molecule has 1 rings (SSSR count). The van der Waals surface area contributed by atoms with Crippen molar-refractivity contribution in [3.8, 4) is 0 Å². The van der Waals surface area contributed by atoms with Gasteiger partial charge in [-0.15, -0.1) is 0 Å². The zero-order chi connectivity index (χ0) is 8.65. The van der Waals surface area contributed by atoms with E-state index in [4.69, 9.17) is 0 Å². The quantitative estimate of drug-likeness (QED) is 0.444. The normalized spacial score (nSPS) is 10.1. The summed E-state index contributed by atoms with van der Waals surface area (Å²) in [5, 5.41) is 0. The minimum atomic E-state index is 0.943. The van der Waals surface area contributed by atoms with Gasteiger partial charge in [-0.25, -0.2) is 0 Å². The van der Waals surface area contributed by atoms with E-state index in [1.54, 1.807) is 11.0 Å². The van der Waals surface area contributed by atoms with Gasteiger partial charge in [0.1, 0.15) is 0 Å². The molecule has 0 saturated heterocycles. The number of hydrogen-bond donors (Lipinski definition) is 1. The summed E-state index contributed by atoms with van der Waals surface area (Å²) in [4.78, 5) is 0. The number of nitrogens with one attached hydrogen (secondary N) is 1. The molecule has 0 spiro atoms. The van der Waals surface area contributed by atoms with Crippen LogP contribution >= 0.6 is 21.8 Å². The van der Waals surface area contributed by atoms with Crippen molar-refractivity contribution < 1.29 is 0 Å². The van der Waals surface area contributed by atoms with Crippen LogP contribution in [0.4, 0.5) is 0 Å².